The Morgan fingerprint density at radius 3 is 2.88 bits per heavy atom. The van der Waals surface area contributed by atoms with Crippen molar-refractivity contribution in [3.8, 4) is 0 Å². The molecule has 2 aromatic carbocycles. The van der Waals surface area contributed by atoms with Crippen LogP contribution in [0.3, 0.4) is 0 Å². The summed E-state index contributed by atoms with van der Waals surface area (Å²) >= 11 is 0. The predicted molar refractivity (Wildman–Crippen MR) is 87.5 cm³/mol. The molecule has 3 heterocycles. The van der Waals surface area contributed by atoms with E-state index in [4.69, 9.17) is 0 Å². The molecule has 0 amide bonds. The van der Waals surface area contributed by atoms with Gasteiger partial charge in [-0.05, 0) is 24.3 Å². The van der Waals surface area contributed by atoms with Crippen molar-refractivity contribution in [1.82, 2.24) is 9.78 Å². The van der Waals surface area contributed by atoms with E-state index in [1.165, 1.54) is 0 Å². The maximum absolute atomic E-state index is 14.4. The van der Waals surface area contributed by atoms with Crippen molar-refractivity contribution in [1.29, 1.82) is 0 Å². The van der Waals surface area contributed by atoms with Crippen LogP contribution in [0.15, 0.2) is 64.4 Å². The number of fused-ring (bicyclic) bond motifs is 2. The zero-order valence-electron chi connectivity index (χ0n) is 12.4. The average molecular weight is 320 g/mol. The van der Waals surface area contributed by atoms with Gasteiger partial charge in [0.1, 0.15) is 11.6 Å². The van der Waals surface area contributed by atoms with Gasteiger partial charge in [0.15, 0.2) is 5.84 Å². The van der Waals surface area contributed by atoms with Crippen LogP contribution in [0, 0.1) is 11.6 Å². The molecule has 4 nitrogen and oxygen atoms in total. The molecule has 0 N–H and O–H groups in total. The molecule has 2 aliphatic rings. The molecule has 5 rings (SSSR count). The molecule has 0 radical (unpaired) electrons. The van der Waals surface area contributed by atoms with Crippen LogP contribution in [-0.2, 0) is 0 Å². The van der Waals surface area contributed by atoms with Crippen molar-refractivity contribution in [2.45, 2.75) is 0 Å². The van der Waals surface area contributed by atoms with Crippen molar-refractivity contribution in [2.24, 2.45) is 9.98 Å². The van der Waals surface area contributed by atoms with Crippen LogP contribution in [0.5, 0.6) is 0 Å². The minimum atomic E-state index is -0.546. The largest absolute Gasteiger partial charge is 0.278 e. The number of benzene rings is 2. The number of aliphatic imine (C=N–C) groups is 2. The molecule has 116 valence electrons. The number of nitrogens with zero attached hydrogens (tertiary/aromatic N) is 4. The molecule has 24 heavy (non-hydrogen) atoms. The number of halogens is 2. The van der Waals surface area contributed by atoms with Gasteiger partial charge in [-0.2, -0.15) is 5.10 Å². The van der Waals surface area contributed by atoms with Crippen LogP contribution < -0.4 is 0 Å². The molecule has 0 bridgehead atoms. The zero-order chi connectivity index (χ0) is 16.3. The minimum absolute atomic E-state index is 0.0730. The number of aromatic nitrogens is 2. The highest BCUT2D eigenvalue weighted by atomic mass is 19.1. The third-order valence-electron chi connectivity index (χ3n) is 4.22. The molecule has 6 heteroatoms. The molecule has 0 spiro atoms. The summed E-state index contributed by atoms with van der Waals surface area (Å²) in [6, 6.07) is 9.12. The van der Waals surface area contributed by atoms with Crippen LogP contribution in [0.1, 0.15) is 11.1 Å². The zero-order valence-corrected chi connectivity index (χ0v) is 12.4. The lowest BCUT2D eigenvalue weighted by Gasteiger charge is -2.08. The summed E-state index contributed by atoms with van der Waals surface area (Å²) in [5, 5.41) is 5.25. The molecule has 0 unspecified atom stereocenters. The van der Waals surface area contributed by atoms with Crippen molar-refractivity contribution in [3.63, 3.8) is 0 Å². The van der Waals surface area contributed by atoms with Crippen LogP contribution in [0.2, 0.25) is 0 Å². The van der Waals surface area contributed by atoms with Crippen LogP contribution >= 0.6 is 0 Å². The Bertz CT molecular complexity index is 1110. The van der Waals surface area contributed by atoms with E-state index < -0.39 is 11.6 Å². The lowest BCUT2D eigenvalue weighted by Crippen LogP contribution is -2.16. The van der Waals surface area contributed by atoms with Gasteiger partial charge in [0.05, 0.1) is 35.2 Å². The van der Waals surface area contributed by atoms with Gasteiger partial charge in [-0.1, -0.05) is 18.2 Å². The second kappa shape index (κ2) is 4.67. The third kappa shape index (κ3) is 1.73. The Kier molecular flexibility index (Phi) is 2.59. The third-order valence-corrected chi connectivity index (χ3v) is 4.22. The summed E-state index contributed by atoms with van der Waals surface area (Å²) < 4.78 is 29.6. The van der Waals surface area contributed by atoms with E-state index in [1.807, 2.05) is 24.3 Å². The Labute approximate surface area is 135 Å². The Hall–Kier alpha value is -3.15. The SMILES string of the molecule is Fc1ccc(F)c(C2=NC3=CCN=C3c3cccc4cnn2c34)c1. The Balaban J connectivity index is 1.91. The fourth-order valence-electron chi connectivity index (χ4n) is 3.16. The molecule has 3 aromatic rings. The summed E-state index contributed by atoms with van der Waals surface area (Å²) in [5.41, 5.74) is 3.18. The lowest BCUT2D eigenvalue weighted by atomic mass is 10.1. The first-order chi connectivity index (χ1) is 11.7. The number of para-hydroxylation sites is 1. The fourth-order valence-corrected chi connectivity index (χ4v) is 3.16. The van der Waals surface area contributed by atoms with Gasteiger partial charge in [0, 0.05) is 10.9 Å². The first-order valence-electron chi connectivity index (χ1n) is 7.49. The van der Waals surface area contributed by atoms with Gasteiger partial charge < -0.3 is 0 Å². The molecule has 0 aliphatic carbocycles. The highest BCUT2D eigenvalue weighted by Gasteiger charge is 2.26. The molecule has 0 saturated carbocycles. The van der Waals surface area contributed by atoms with Crippen LogP contribution in [0.4, 0.5) is 8.78 Å². The summed E-state index contributed by atoms with van der Waals surface area (Å²) in [5.74, 6) is -0.813. The summed E-state index contributed by atoms with van der Waals surface area (Å²) in [7, 11) is 0. The van der Waals surface area contributed by atoms with Gasteiger partial charge in [-0.3, -0.25) is 4.99 Å². The van der Waals surface area contributed by atoms with Crippen molar-refractivity contribution in [3.05, 3.63) is 77.1 Å². The van der Waals surface area contributed by atoms with E-state index in [2.05, 4.69) is 15.1 Å². The van der Waals surface area contributed by atoms with E-state index >= 15 is 0 Å². The van der Waals surface area contributed by atoms with Gasteiger partial charge in [-0.15, -0.1) is 0 Å². The highest BCUT2D eigenvalue weighted by Crippen LogP contribution is 2.29. The maximum atomic E-state index is 14.4. The standard InChI is InChI=1S/C18H10F2N4/c19-11-4-5-14(20)13(8-11)18-23-15-6-7-21-16(15)12-3-1-2-10-9-22-24(18)17(10)12/h1-6,8-9H,7H2. The van der Waals surface area contributed by atoms with Crippen molar-refractivity contribution in [2.75, 3.05) is 6.54 Å². The molecule has 2 aliphatic heterocycles. The smallest absolute Gasteiger partial charge is 0.165 e. The van der Waals surface area contributed by atoms with Gasteiger partial charge in [0.25, 0.3) is 0 Å². The predicted octanol–water partition coefficient (Wildman–Crippen LogP) is 3.31. The lowest BCUT2D eigenvalue weighted by molar-refractivity contribution is 0.597. The second-order valence-corrected chi connectivity index (χ2v) is 5.64. The molecular formula is C18H10F2N4. The second-order valence-electron chi connectivity index (χ2n) is 5.64. The van der Waals surface area contributed by atoms with E-state index in [0.29, 0.717) is 12.2 Å². The Morgan fingerprint density at radius 2 is 1.96 bits per heavy atom. The van der Waals surface area contributed by atoms with Crippen molar-refractivity contribution >= 4 is 22.5 Å². The van der Waals surface area contributed by atoms with E-state index in [1.54, 1.807) is 10.9 Å². The van der Waals surface area contributed by atoms with Crippen LogP contribution in [0.25, 0.3) is 10.9 Å². The summed E-state index contributed by atoms with van der Waals surface area (Å²) in [6.07, 6.45) is 3.56. The first-order valence-corrected chi connectivity index (χ1v) is 7.49. The van der Waals surface area contributed by atoms with E-state index in [9.17, 15) is 8.78 Å². The number of hydrogen-bond donors (Lipinski definition) is 0. The van der Waals surface area contributed by atoms with Crippen molar-refractivity contribution < 1.29 is 8.78 Å². The quantitative estimate of drug-likeness (QED) is 0.678. The van der Waals surface area contributed by atoms with Gasteiger partial charge in [0.2, 0.25) is 0 Å². The van der Waals surface area contributed by atoms with E-state index in [0.717, 1.165) is 40.4 Å². The fraction of sp³-hybridized carbons (Fsp3) is 0.0556. The molecular weight excluding hydrogens is 310 g/mol. The molecule has 0 saturated heterocycles. The maximum Gasteiger partial charge on any atom is 0.165 e. The Morgan fingerprint density at radius 1 is 1.04 bits per heavy atom. The monoisotopic (exact) mass is 320 g/mol. The highest BCUT2D eigenvalue weighted by molar-refractivity contribution is 6.24. The van der Waals surface area contributed by atoms with E-state index in [-0.39, 0.29) is 11.4 Å². The molecule has 1 aromatic heterocycles. The molecule has 0 atom stereocenters. The summed E-state index contributed by atoms with van der Waals surface area (Å²) in [6.45, 7) is 0.525. The van der Waals surface area contributed by atoms with Crippen LogP contribution in [-0.4, -0.2) is 27.9 Å². The summed E-state index contributed by atoms with van der Waals surface area (Å²) in [4.78, 5) is 9.06. The minimum Gasteiger partial charge on any atom is -0.278 e. The topological polar surface area (TPSA) is 42.5 Å². The molecule has 0 fully saturated rings. The number of allylic oxidation sites excluding steroid dienone is 1. The average Bonchev–Trinajstić information content (AvgIpc) is 3.19. The van der Waals surface area contributed by atoms with Gasteiger partial charge in [-0.25, -0.2) is 18.5 Å². The number of rotatable bonds is 1. The van der Waals surface area contributed by atoms with Gasteiger partial charge >= 0.3 is 0 Å². The first kappa shape index (κ1) is 13.3. The normalized spacial score (nSPS) is 15.7. The number of hydrogen-bond acceptors (Lipinski definition) is 3.